The van der Waals surface area contributed by atoms with Gasteiger partial charge in [0.1, 0.15) is 5.75 Å². The molecule has 1 unspecified atom stereocenters. The summed E-state index contributed by atoms with van der Waals surface area (Å²) < 4.78 is 45.7. The first-order chi connectivity index (χ1) is 9.62. The maximum atomic E-state index is 13.4. The molecule has 114 valence electrons. The normalized spacial score (nSPS) is 21.3. The Morgan fingerprint density at radius 2 is 2.10 bits per heavy atom. The zero-order chi connectivity index (χ0) is 16.0. The van der Waals surface area contributed by atoms with Crippen molar-refractivity contribution in [2.45, 2.75) is 25.1 Å². The van der Waals surface area contributed by atoms with Gasteiger partial charge in [0.2, 0.25) is 5.60 Å². The number of alkyl halides is 3. The molecule has 1 aromatic rings. The highest BCUT2D eigenvalue weighted by Crippen LogP contribution is 2.49. The fourth-order valence-electron chi connectivity index (χ4n) is 2.20. The molecule has 1 atom stereocenters. The fourth-order valence-corrected chi connectivity index (χ4v) is 3.12. The second-order valence-corrected chi connectivity index (χ2v) is 5.74. The van der Waals surface area contributed by atoms with Crippen molar-refractivity contribution in [2.75, 3.05) is 0 Å². The number of carbonyl (C=O) groups is 1. The molecule has 8 heteroatoms. The van der Waals surface area contributed by atoms with E-state index in [-0.39, 0.29) is 20.8 Å². The monoisotopic (exact) mass is 384 g/mol. The average Bonchev–Trinajstić information content (AvgIpc) is 2.35. The van der Waals surface area contributed by atoms with Gasteiger partial charge in [-0.15, -0.1) is 0 Å². The number of hydrogen-bond acceptors (Lipinski definition) is 2. The van der Waals surface area contributed by atoms with Gasteiger partial charge in [-0.05, 0) is 40.6 Å². The van der Waals surface area contributed by atoms with Crippen LogP contribution in [0.1, 0.15) is 18.9 Å². The average molecular weight is 386 g/mol. The Kier molecular flexibility index (Phi) is 4.01. The molecular weight excluding hydrogens is 376 g/mol. The lowest BCUT2D eigenvalue weighted by Gasteiger charge is -2.39. The molecule has 0 radical (unpaired) electrons. The zero-order valence-corrected chi connectivity index (χ0v) is 12.9. The minimum Gasteiger partial charge on any atom is -0.478 e. The number of ether oxygens (including phenoxy) is 1. The third-order valence-electron chi connectivity index (χ3n) is 3.23. The van der Waals surface area contributed by atoms with Gasteiger partial charge < -0.3 is 9.84 Å². The van der Waals surface area contributed by atoms with Crippen molar-refractivity contribution in [3.05, 3.63) is 32.8 Å². The van der Waals surface area contributed by atoms with Gasteiger partial charge in [0, 0.05) is 10.6 Å². The number of carboxylic acid groups (broad SMARTS) is 1. The van der Waals surface area contributed by atoms with Crippen LogP contribution < -0.4 is 4.74 Å². The van der Waals surface area contributed by atoms with Crippen molar-refractivity contribution >= 4 is 39.6 Å². The highest BCUT2D eigenvalue weighted by molar-refractivity contribution is 9.10. The standard InChI is InChI=1S/C13H9BrClF3O3/c1-2-12(13(16,17)18)8(11(19)20)4-6-3-7(15)5-9(14)10(6)21-12/h3-5H,2H2,1H3,(H,19,20). The molecule has 0 amide bonds. The maximum absolute atomic E-state index is 13.4. The lowest BCUT2D eigenvalue weighted by atomic mass is 9.86. The smallest absolute Gasteiger partial charge is 0.432 e. The molecule has 0 saturated carbocycles. The van der Waals surface area contributed by atoms with Gasteiger partial charge in [-0.3, -0.25) is 0 Å². The number of halogens is 5. The van der Waals surface area contributed by atoms with Gasteiger partial charge in [0.05, 0.1) is 10.0 Å². The van der Waals surface area contributed by atoms with Gasteiger partial charge in [0.25, 0.3) is 0 Å². The summed E-state index contributed by atoms with van der Waals surface area (Å²) >= 11 is 8.90. The van der Waals surface area contributed by atoms with Crippen molar-refractivity contribution in [2.24, 2.45) is 0 Å². The minimum absolute atomic E-state index is 0.0800. The van der Waals surface area contributed by atoms with Crippen LogP contribution in [0, 0.1) is 0 Å². The van der Waals surface area contributed by atoms with Crippen LogP contribution in [0.25, 0.3) is 6.08 Å². The number of hydrogen-bond donors (Lipinski definition) is 1. The molecule has 0 aromatic heterocycles. The van der Waals surface area contributed by atoms with E-state index in [1.165, 1.54) is 19.1 Å². The summed E-state index contributed by atoms with van der Waals surface area (Å²) in [5.74, 6) is -1.76. The van der Waals surface area contributed by atoms with Crippen LogP contribution >= 0.6 is 27.5 Å². The summed E-state index contributed by atoms with van der Waals surface area (Å²) in [7, 11) is 0. The summed E-state index contributed by atoms with van der Waals surface area (Å²) in [5, 5.41) is 9.39. The van der Waals surface area contributed by atoms with Crippen molar-refractivity contribution < 1.29 is 27.8 Å². The molecule has 1 aromatic carbocycles. The molecule has 0 spiro atoms. The molecule has 0 fully saturated rings. The minimum atomic E-state index is -4.87. The summed E-state index contributed by atoms with van der Waals surface area (Å²) in [6, 6.07) is 2.73. The Balaban J connectivity index is 2.76. The number of benzene rings is 1. The number of aliphatic carboxylic acids is 1. The maximum Gasteiger partial charge on any atom is 0.432 e. The second kappa shape index (κ2) is 5.21. The van der Waals surface area contributed by atoms with E-state index in [0.717, 1.165) is 6.08 Å². The SMILES string of the molecule is CCC1(C(F)(F)F)Oc2c(Br)cc(Cl)cc2C=C1C(=O)O. The number of carboxylic acids is 1. The van der Waals surface area contributed by atoms with Gasteiger partial charge in [-0.1, -0.05) is 18.5 Å². The quantitative estimate of drug-likeness (QED) is 0.804. The number of rotatable bonds is 2. The van der Waals surface area contributed by atoms with Crippen molar-refractivity contribution in [3.8, 4) is 5.75 Å². The highest BCUT2D eigenvalue weighted by atomic mass is 79.9. The fraction of sp³-hybridized carbons (Fsp3) is 0.308. The molecule has 0 saturated heterocycles. The van der Waals surface area contributed by atoms with Crippen LogP contribution in [-0.4, -0.2) is 22.9 Å². The lowest BCUT2D eigenvalue weighted by molar-refractivity contribution is -0.236. The van der Waals surface area contributed by atoms with Gasteiger partial charge in [0.15, 0.2) is 0 Å². The zero-order valence-electron chi connectivity index (χ0n) is 10.6. The molecule has 1 heterocycles. The Labute approximate surface area is 131 Å². The van der Waals surface area contributed by atoms with E-state index < -0.39 is 29.7 Å². The Morgan fingerprint density at radius 1 is 1.48 bits per heavy atom. The van der Waals surface area contributed by atoms with E-state index in [0.29, 0.717) is 0 Å². The molecule has 1 aliphatic heterocycles. The molecule has 1 aliphatic rings. The molecule has 3 nitrogen and oxygen atoms in total. The van der Waals surface area contributed by atoms with Crippen molar-refractivity contribution in [1.82, 2.24) is 0 Å². The van der Waals surface area contributed by atoms with Crippen molar-refractivity contribution in [1.29, 1.82) is 0 Å². The molecular formula is C13H9BrClF3O3. The first-order valence-electron chi connectivity index (χ1n) is 5.82. The van der Waals surface area contributed by atoms with E-state index in [4.69, 9.17) is 21.4 Å². The molecule has 2 rings (SSSR count). The molecule has 1 N–H and O–H groups in total. The molecule has 0 aliphatic carbocycles. The summed E-state index contributed by atoms with van der Waals surface area (Å²) in [6.07, 6.45) is -4.49. The van der Waals surface area contributed by atoms with E-state index in [2.05, 4.69) is 15.9 Å². The first-order valence-corrected chi connectivity index (χ1v) is 6.99. The van der Waals surface area contributed by atoms with Crippen LogP contribution in [-0.2, 0) is 4.79 Å². The van der Waals surface area contributed by atoms with E-state index in [9.17, 15) is 18.0 Å². The van der Waals surface area contributed by atoms with Crippen LogP contribution in [0.3, 0.4) is 0 Å². The Hall–Kier alpha value is -1.21. The summed E-state index contributed by atoms with van der Waals surface area (Å²) in [6.45, 7) is 1.22. The van der Waals surface area contributed by atoms with Crippen molar-refractivity contribution in [3.63, 3.8) is 0 Å². The lowest BCUT2D eigenvalue weighted by Crippen LogP contribution is -2.54. The summed E-state index contributed by atoms with van der Waals surface area (Å²) in [5.41, 5.74) is -3.57. The Bertz CT molecular complexity index is 642. The van der Waals surface area contributed by atoms with Gasteiger partial charge >= 0.3 is 12.1 Å². The second-order valence-electron chi connectivity index (χ2n) is 4.45. The number of fused-ring (bicyclic) bond motifs is 1. The third kappa shape index (κ3) is 2.53. The van der Waals surface area contributed by atoms with E-state index >= 15 is 0 Å². The predicted molar refractivity (Wildman–Crippen MR) is 74.5 cm³/mol. The largest absolute Gasteiger partial charge is 0.478 e. The Morgan fingerprint density at radius 3 is 2.57 bits per heavy atom. The molecule has 21 heavy (non-hydrogen) atoms. The predicted octanol–water partition coefficient (Wildman–Crippen LogP) is 4.67. The third-order valence-corrected chi connectivity index (χ3v) is 4.04. The van der Waals surface area contributed by atoms with E-state index in [1.54, 1.807) is 0 Å². The van der Waals surface area contributed by atoms with Gasteiger partial charge in [-0.25, -0.2) is 4.79 Å². The van der Waals surface area contributed by atoms with Crippen LogP contribution in [0.4, 0.5) is 13.2 Å². The molecule has 0 bridgehead atoms. The van der Waals surface area contributed by atoms with Crippen LogP contribution in [0.2, 0.25) is 5.02 Å². The van der Waals surface area contributed by atoms with Crippen LogP contribution in [0.5, 0.6) is 5.75 Å². The first kappa shape index (κ1) is 16.2. The summed E-state index contributed by atoms with van der Waals surface area (Å²) in [4.78, 5) is 11.3. The van der Waals surface area contributed by atoms with E-state index in [1.807, 2.05) is 0 Å². The highest BCUT2D eigenvalue weighted by Gasteiger charge is 2.62. The topological polar surface area (TPSA) is 46.5 Å². The van der Waals surface area contributed by atoms with Gasteiger partial charge in [-0.2, -0.15) is 13.2 Å². The van der Waals surface area contributed by atoms with Crippen LogP contribution in [0.15, 0.2) is 22.2 Å².